The minimum atomic E-state index is -2.70. The van der Waals surface area contributed by atoms with Gasteiger partial charge in [0.05, 0.1) is 12.9 Å². The molecule has 21 heavy (non-hydrogen) atoms. The highest BCUT2D eigenvalue weighted by atomic mass is 19.3. The number of nitrogens with zero attached hydrogens (tertiary/aromatic N) is 3. The highest BCUT2D eigenvalue weighted by Gasteiger charge is 2.20. The van der Waals surface area contributed by atoms with E-state index in [-0.39, 0.29) is 0 Å². The molecule has 0 bridgehead atoms. The first-order valence-corrected chi connectivity index (χ1v) is 7.16. The van der Waals surface area contributed by atoms with Gasteiger partial charge in [-0.25, -0.2) is 13.8 Å². The Morgan fingerprint density at radius 3 is 2.71 bits per heavy atom. The molecule has 0 N–H and O–H groups in total. The molecular formula is C14H21F2N3O2. The minimum absolute atomic E-state index is 0.390. The van der Waals surface area contributed by atoms with Gasteiger partial charge in [-0.15, -0.1) is 0 Å². The van der Waals surface area contributed by atoms with Gasteiger partial charge in [-0.3, -0.25) is 9.36 Å². The van der Waals surface area contributed by atoms with E-state index in [2.05, 4.69) is 9.88 Å². The second-order valence-electron chi connectivity index (χ2n) is 5.38. The molecule has 1 aliphatic rings. The van der Waals surface area contributed by atoms with Crippen LogP contribution in [-0.4, -0.2) is 47.8 Å². The summed E-state index contributed by atoms with van der Waals surface area (Å²) in [6.07, 6.45) is 0.525. The maximum absolute atomic E-state index is 12.5. The summed E-state index contributed by atoms with van der Waals surface area (Å²) >= 11 is 0. The molecule has 0 amide bonds. The van der Waals surface area contributed by atoms with Crippen LogP contribution in [0.3, 0.4) is 0 Å². The largest absolute Gasteiger partial charge is 0.383 e. The first-order chi connectivity index (χ1) is 10.1. The number of hydrogen-bond acceptors (Lipinski definition) is 4. The monoisotopic (exact) mass is 301 g/mol. The standard InChI is InChI=1S/C14H21F2N3O2/c1-21-7-6-18-4-2-11(3-5-18)9-19-10-17-12(14(15)16)8-13(19)20/h8,10-11,14H,2-7,9H2,1H3. The summed E-state index contributed by atoms with van der Waals surface area (Å²) < 4.78 is 31.4. The van der Waals surface area contributed by atoms with Crippen LogP contribution in [0.4, 0.5) is 8.78 Å². The van der Waals surface area contributed by atoms with Gasteiger partial charge in [0, 0.05) is 26.3 Å². The van der Waals surface area contributed by atoms with Gasteiger partial charge in [-0.2, -0.15) is 0 Å². The molecular weight excluding hydrogens is 280 g/mol. The van der Waals surface area contributed by atoms with Crippen molar-refractivity contribution in [2.75, 3.05) is 33.4 Å². The lowest BCUT2D eigenvalue weighted by Gasteiger charge is -2.31. The van der Waals surface area contributed by atoms with Crippen molar-refractivity contribution in [3.63, 3.8) is 0 Å². The van der Waals surface area contributed by atoms with Gasteiger partial charge < -0.3 is 9.64 Å². The van der Waals surface area contributed by atoms with Crippen molar-refractivity contribution >= 4 is 0 Å². The molecule has 0 radical (unpaired) electrons. The SMILES string of the molecule is COCCN1CCC(Cn2cnc(C(F)F)cc2=O)CC1. The second-order valence-corrected chi connectivity index (χ2v) is 5.38. The van der Waals surface area contributed by atoms with E-state index in [4.69, 9.17) is 4.74 Å². The summed E-state index contributed by atoms with van der Waals surface area (Å²) in [5, 5.41) is 0. The zero-order valence-corrected chi connectivity index (χ0v) is 12.2. The van der Waals surface area contributed by atoms with Crippen LogP contribution in [0.25, 0.3) is 0 Å². The third-order valence-corrected chi connectivity index (χ3v) is 3.90. The lowest BCUT2D eigenvalue weighted by molar-refractivity contribution is 0.116. The Morgan fingerprint density at radius 2 is 2.14 bits per heavy atom. The molecule has 1 fully saturated rings. The number of ether oxygens (including phenoxy) is 1. The maximum atomic E-state index is 12.5. The first kappa shape index (κ1) is 16.0. The average Bonchev–Trinajstić information content (AvgIpc) is 2.48. The van der Waals surface area contributed by atoms with Gasteiger partial charge >= 0.3 is 0 Å². The summed E-state index contributed by atoms with van der Waals surface area (Å²) in [6, 6.07) is 0.929. The van der Waals surface area contributed by atoms with Gasteiger partial charge in [-0.1, -0.05) is 0 Å². The predicted molar refractivity (Wildman–Crippen MR) is 74.5 cm³/mol. The van der Waals surface area contributed by atoms with Crippen LogP contribution in [0.5, 0.6) is 0 Å². The van der Waals surface area contributed by atoms with Crippen LogP contribution >= 0.6 is 0 Å². The first-order valence-electron chi connectivity index (χ1n) is 7.16. The number of aromatic nitrogens is 2. The topological polar surface area (TPSA) is 47.4 Å². The van der Waals surface area contributed by atoms with E-state index in [0.29, 0.717) is 12.5 Å². The lowest BCUT2D eigenvalue weighted by atomic mass is 9.97. The van der Waals surface area contributed by atoms with Gasteiger partial charge in [0.1, 0.15) is 5.69 Å². The molecule has 5 nitrogen and oxygen atoms in total. The number of halogens is 2. The Hall–Kier alpha value is -1.34. The van der Waals surface area contributed by atoms with Crippen LogP contribution in [-0.2, 0) is 11.3 Å². The molecule has 7 heteroatoms. The van der Waals surface area contributed by atoms with Gasteiger partial charge in [0.25, 0.3) is 12.0 Å². The summed E-state index contributed by atoms with van der Waals surface area (Å²) in [5.41, 5.74) is -0.854. The third-order valence-electron chi connectivity index (χ3n) is 3.90. The van der Waals surface area contributed by atoms with E-state index < -0.39 is 17.7 Å². The fraction of sp³-hybridized carbons (Fsp3) is 0.714. The van der Waals surface area contributed by atoms with Crippen molar-refractivity contribution in [2.45, 2.75) is 25.8 Å². The van der Waals surface area contributed by atoms with Crippen LogP contribution in [0.15, 0.2) is 17.2 Å². The number of likely N-dealkylation sites (tertiary alicyclic amines) is 1. The quantitative estimate of drug-likeness (QED) is 0.799. The molecule has 1 aromatic rings. The van der Waals surface area contributed by atoms with Crippen molar-refractivity contribution in [1.82, 2.24) is 14.5 Å². The van der Waals surface area contributed by atoms with E-state index in [9.17, 15) is 13.6 Å². The van der Waals surface area contributed by atoms with Crippen LogP contribution in [0.1, 0.15) is 25.0 Å². The third kappa shape index (κ3) is 4.57. The molecule has 1 aliphatic heterocycles. The Kier molecular flexibility index (Phi) is 5.81. The smallest absolute Gasteiger partial charge is 0.280 e. The number of methoxy groups -OCH3 is 1. The molecule has 1 saturated heterocycles. The van der Waals surface area contributed by atoms with Crippen molar-refractivity contribution in [3.05, 3.63) is 28.4 Å². The molecule has 0 aromatic carbocycles. The summed E-state index contributed by atoms with van der Waals surface area (Å²) in [4.78, 5) is 17.8. The van der Waals surface area contributed by atoms with Crippen LogP contribution < -0.4 is 5.56 Å². The molecule has 0 atom stereocenters. The minimum Gasteiger partial charge on any atom is -0.383 e. The van der Waals surface area contributed by atoms with Gasteiger partial charge in [0.2, 0.25) is 0 Å². The fourth-order valence-corrected chi connectivity index (χ4v) is 2.59. The Morgan fingerprint density at radius 1 is 1.43 bits per heavy atom. The van der Waals surface area contributed by atoms with E-state index in [1.54, 1.807) is 7.11 Å². The zero-order chi connectivity index (χ0) is 15.2. The number of alkyl halides is 2. The van der Waals surface area contributed by atoms with E-state index in [1.165, 1.54) is 10.9 Å². The number of hydrogen-bond donors (Lipinski definition) is 0. The summed E-state index contributed by atoms with van der Waals surface area (Å²) in [7, 11) is 1.69. The normalized spacial score (nSPS) is 17.5. The van der Waals surface area contributed by atoms with Crippen LogP contribution in [0, 0.1) is 5.92 Å². The zero-order valence-electron chi connectivity index (χ0n) is 12.2. The molecule has 1 aromatic heterocycles. The van der Waals surface area contributed by atoms with Crippen molar-refractivity contribution in [1.29, 1.82) is 0 Å². The average molecular weight is 301 g/mol. The Balaban J connectivity index is 1.87. The molecule has 0 unspecified atom stereocenters. The Labute approximate surface area is 122 Å². The molecule has 0 spiro atoms. The number of piperidine rings is 1. The number of rotatable bonds is 6. The highest BCUT2D eigenvalue weighted by Crippen LogP contribution is 2.19. The van der Waals surface area contributed by atoms with E-state index >= 15 is 0 Å². The van der Waals surface area contributed by atoms with E-state index in [1.807, 2.05) is 0 Å². The summed E-state index contributed by atoms with van der Waals surface area (Å²) in [6.45, 7) is 4.15. The highest BCUT2D eigenvalue weighted by molar-refractivity contribution is 5.00. The summed E-state index contributed by atoms with van der Waals surface area (Å²) in [5.74, 6) is 0.390. The molecule has 118 valence electrons. The van der Waals surface area contributed by atoms with E-state index in [0.717, 1.165) is 45.1 Å². The molecule has 0 saturated carbocycles. The molecule has 0 aliphatic carbocycles. The predicted octanol–water partition coefficient (Wildman–Crippen LogP) is 1.54. The molecule has 2 heterocycles. The van der Waals surface area contributed by atoms with Crippen molar-refractivity contribution in [2.24, 2.45) is 5.92 Å². The molecule has 2 rings (SSSR count). The second kappa shape index (κ2) is 7.61. The maximum Gasteiger partial charge on any atom is 0.280 e. The lowest BCUT2D eigenvalue weighted by Crippen LogP contribution is -2.38. The fourth-order valence-electron chi connectivity index (χ4n) is 2.59. The van der Waals surface area contributed by atoms with Gasteiger partial charge in [-0.05, 0) is 31.8 Å². The van der Waals surface area contributed by atoms with Gasteiger partial charge in [0.15, 0.2) is 0 Å². The van der Waals surface area contributed by atoms with Crippen molar-refractivity contribution < 1.29 is 13.5 Å². The van der Waals surface area contributed by atoms with Crippen molar-refractivity contribution in [3.8, 4) is 0 Å². The van der Waals surface area contributed by atoms with Crippen LogP contribution in [0.2, 0.25) is 0 Å². The Bertz CT molecular complexity index is 499.